The van der Waals surface area contributed by atoms with Crippen LogP contribution < -0.4 is 5.32 Å². The number of rotatable bonds is 6. The molecule has 1 aliphatic heterocycles. The van der Waals surface area contributed by atoms with Crippen LogP contribution in [0.15, 0.2) is 54.6 Å². The summed E-state index contributed by atoms with van der Waals surface area (Å²) >= 11 is 7.59. The minimum atomic E-state index is -0.132. The highest BCUT2D eigenvalue weighted by Crippen LogP contribution is 2.23. The van der Waals surface area contributed by atoms with Crippen LogP contribution in [0.1, 0.15) is 10.4 Å². The number of nitrogens with one attached hydrogen (secondary N) is 1. The van der Waals surface area contributed by atoms with Crippen molar-refractivity contribution in [3.63, 3.8) is 0 Å². The van der Waals surface area contributed by atoms with E-state index < -0.39 is 0 Å². The zero-order valence-electron chi connectivity index (χ0n) is 16.6. The average Bonchev–Trinajstić information content (AvgIpc) is 3.17. The first-order valence-electron chi connectivity index (χ1n) is 10.1. The number of hydrogen-bond donors (Lipinski definition) is 1. The summed E-state index contributed by atoms with van der Waals surface area (Å²) in [5, 5.41) is 4.98. The summed E-state index contributed by atoms with van der Waals surface area (Å²) in [6.45, 7) is 3.91. The van der Waals surface area contributed by atoms with Crippen molar-refractivity contribution in [2.24, 2.45) is 0 Å². The Kier molecular flexibility index (Phi) is 6.67. The number of fused-ring (bicyclic) bond motifs is 1. The van der Waals surface area contributed by atoms with E-state index in [2.05, 4.69) is 16.3 Å². The van der Waals surface area contributed by atoms with Crippen LogP contribution in [-0.4, -0.2) is 54.3 Å². The smallest absolute Gasteiger partial charge is 0.242 e. The minimum Gasteiger partial charge on any atom is -0.347 e. The number of benzene rings is 2. The Morgan fingerprint density at radius 3 is 2.50 bits per heavy atom. The normalized spacial score (nSPS) is 14.8. The number of nitrogens with zero attached hydrogens (tertiary/aromatic N) is 2. The summed E-state index contributed by atoms with van der Waals surface area (Å²) in [6.07, 6.45) is 0.270. The molecule has 156 valence electrons. The largest absolute Gasteiger partial charge is 0.347 e. The van der Waals surface area contributed by atoms with E-state index in [0.717, 1.165) is 40.3 Å². The average molecular weight is 442 g/mol. The maximum Gasteiger partial charge on any atom is 0.242 e. The Morgan fingerprint density at radius 1 is 0.967 bits per heavy atom. The van der Waals surface area contributed by atoms with Gasteiger partial charge in [-0.2, -0.15) is 0 Å². The predicted octanol–water partition coefficient (Wildman–Crippen LogP) is 3.56. The predicted molar refractivity (Wildman–Crippen MR) is 122 cm³/mol. The van der Waals surface area contributed by atoms with Gasteiger partial charge < -0.3 is 10.2 Å². The molecule has 0 saturated carbocycles. The fourth-order valence-corrected chi connectivity index (χ4v) is 4.91. The van der Waals surface area contributed by atoms with Crippen LogP contribution in [0.5, 0.6) is 0 Å². The fourth-order valence-electron chi connectivity index (χ4n) is 3.78. The van der Waals surface area contributed by atoms with Gasteiger partial charge in [0.15, 0.2) is 0 Å². The summed E-state index contributed by atoms with van der Waals surface area (Å²) in [7, 11) is 0. The van der Waals surface area contributed by atoms with Gasteiger partial charge in [0, 0.05) is 37.6 Å². The summed E-state index contributed by atoms with van der Waals surface area (Å²) in [5.74, 6) is -0.159. The summed E-state index contributed by atoms with van der Waals surface area (Å²) < 4.78 is 0.804. The molecule has 3 aromatic rings. The van der Waals surface area contributed by atoms with Crippen LogP contribution in [0.2, 0.25) is 4.34 Å². The maximum atomic E-state index is 12.5. The molecule has 2 amide bonds. The van der Waals surface area contributed by atoms with Gasteiger partial charge >= 0.3 is 0 Å². The summed E-state index contributed by atoms with van der Waals surface area (Å²) in [6, 6.07) is 17.9. The molecule has 1 aliphatic rings. The van der Waals surface area contributed by atoms with Crippen molar-refractivity contribution in [3.05, 3.63) is 69.4 Å². The van der Waals surface area contributed by atoms with Crippen LogP contribution in [0.25, 0.3) is 10.8 Å². The van der Waals surface area contributed by atoms with Crippen molar-refractivity contribution in [1.82, 2.24) is 15.1 Å². The van der Waals surface area contributed by atoms with Gasteiger partial charge in [0.05, 0.1) is 17.3 Å². The number of halogens is 1. The Morgan fingerprint density at radius 2 is 1.73 bits per heavy atom. The first-order chi connectivity index (χ1) is 14.6. The number of hydrogen-bond acceptors (Lipinski definition) is 4. The molecular weight excluding hydrogens is 418 g/mol. The van der Waals surface area contributed by atoms with E-state index in [1.165, 1.54) is 4.88 Å². The van der Waals surface area contributed by atoms with Crippen molar-refractivity contribution in [1.29, 1.82) is 0 Å². The minimum absolute atomic E-state index is 0.0277. The molecule has 1 N–H and O–H groups in total. The molecule has 2 heterocycles. The molecule has 1 fully saturated rings. The van der Waals surface area contributed by atoms with Crippen LogP contribution in [0, 0.1) is 0 Å². The lowest BCUT2D eigenvalue weighted by Crippen LogP contribution is -2.50. The van der Waals surface area contributed by atoms with Gasteiger partial charge in [-0.25, -0.2) is 0 Å². The van der Waals surface area contributed by atoms with Crippen molar-refractivity contribution in [2.75, 3.05) is 32.7 Å². The molecule has 0 bridgehead atoms. The molecular formula is C23H24ClN3O2S. The molecule has 2 aromatic carbocycles. The molecule has 0 atom stereocenters. The highest BCUT2D eigenvalue weighted by atomic mass is 35.5. The molecule has 1 saturated heterocycles. The van der Waals surface area contributed by atoms with Crippen LogP contribution in [0.4, 0.5) is 0 Å². The van der Waals surface area contributed by atoms with Gasteiger partial charge in [-0.1, -0.05) is 54.1 Å². The Balaban J connectivity index is 1.23. The highest BCUT2D eigenvalue weighted by molar-refractivity contribution is 7.16. The molecule has 30 heavy (non-hydrogen) atoms. The number of carbonyl (C=O) groups is 2. The second kappa shape index (κ2) is 9.60. The Labute approximate surface area is 185 Å². The van der Waals surface area contributed by atoms with Crippen LogP contribution in [-0.2, 0) is 22.6 Å². The third kappa shape index (κ3) is 5.19. The van der Waals surface area contributed by atoms with Crippen molar-refractivity contribution >= 4 is 45.5 Å². The lowest BCUT2D eigenvalue weighted by Gasteiger charge is -2.34. The van der Waals surface area contributed by atoms with Crippen molar-refractivity contribution in [3.8, 4) is 0 Å². The zero-order valence-corrected chi connectivity index (χ0v) is 18.2. The third-order valence-electron chi connectivity index (χ3n) is 5.40. The summed E-state index contributed by atoms with van der Waals surface area (Å²) in [4.78, 5) is 30.3. The number of thiophene rings is 1. The molecule has 0 spiro atoms. The molecule has 0 radical (unpaired) electrons. The summed E-state index contributed by atoms with van der Waals surface area (Å²) in [5.41, 5.74) is 0.973. The van der Waals surface area contributed by atoms with Gasteiger partial charge in [0.1, 0.15) is 0 Å². The van der Waals surface area contributed by atoms with E-state index in [0.29, 0.717) is 13.1 Å². The monoisotopic (exact) mass is 441 g/mol. The van der Waals surface area contributed by atoms with E-state index in [9.17, 15) is 9.59 Å². The maximum absolute atomic E-state index is 12.5. The van der Waals surface area contributed by atoms with E-state index in [1.54, 1.807) is 11.3 Å². The molecule has 0 unspecified atom stereocenters. The van der Waals surface area contributed by atoms with Crippen molar-refractivity contribution < 1.29 is 9.59 Å². The number of piperazine rings is 1. The first kappa shape index (κ1) is 20.8. The van der Waals surface area contributed by atoms with Gasteiger partial charge in [-0.15, -0.1) is 11.3 Å². The molecule has 4 rings (SSSR count). The molecule has 0 aliphatic carbocycles. The van der Waals surface area contributed by atoms with Gasteiger partial charge in [0.25, 0.3) is 0 Å². The van der Waals surface area contributed by atoms with E-state index in [1.807, 2.05) is 53.4 Å². The standard InChI is InChI=1S/C23H24ClN3O2S/c24-21-9-8-19(30-21)16-26-10-12-27(13-11-26)23(29)15-25-22(28)14-18-6-3-5-17-4-1-2-7-20(17)18/h1-9H,10-16H2,(H,25,28). The van der Waals surface area contributed by atoms with E-state index in [-0.39, 0.29) is 24.8 Å². The van der Waals surface area contributed by atoms with E-state index >= 15 is 0 Å². The van der Waals surface area contributed by atoms with Gasteiger partial charge in [-0.3, -0.25) is 14.5 Å². The topological polar surface area (TPSA) is 52.7 Å². The third-order valence-corrected chi connectivity index (χ3v) is 6.62. The lowest BCUT2D eigenvalue weighted by atomic mass is 10.0. The van der Waals surface area contributed by atoms with Gasteiger partial charge in [0.2, 0.25) is 11.8 Å². The molecule has 5 nitrogen and oxygen atoms in total. The molecule has 7 heteroatoms. The fraction of sp³-hybridized carbons (Fsp3) is 0.304. The van der Waals surface area contributed by atoms with Crippen LogP contribution >= 0.6 is 22.9 Å². The SMILES string of the molecule is O=C(Cc1cccc2ccccc12)NCC(=O)N1CCN(Cc2ccc(Cl)s2)CC1. The zero-order chi connectivity index (χ0) is 20.9. The van der Waals surface area contributed by atoms with Crippen LogP contribution in [0.3, 0.4) is 0 Å². The lowest BCUT2D eigenvalue weighted by molar-refractivity contribution is -0.134. The second-order valence-corrected chi connectivity index (χ2v) is 9.25. The number of carbonyl (C=O) groups excluding carboxylic acids is 2. The van der Waals surface area contributed by atoms with Crippen molar-refractivity contribution in [2.45, 2.75) is 13.0 Å². The van der Waals surface area contributed by atoms with E-state index in [4.69, 9.17) is 11.6 Å². The second-order valence-electron chi connectivity index (χ2n) is 7.45. The quantitative estimate of drug-likeness (QED) is 0.636. The molecule has 1 aromatic heterocycles. The Bertz CT molecular complexity index is 1040. The Hall–Kier alpha value is -2.41. The van der Waals surface area contributed by atoms with Gasteiger partial charge in [-0.05, 0) is 28.5 Å². The number of amides is 2. The first-order valence-corrected chi connectivity index (χ1v) is 11.3. The highest BCUT2D eigenvalue weighted by Gasteiger charge is 2.21.